The first-order valence-electron chi connectivity index (χ1n) is 6.47. The molecule has 0 heterocycles. The number of nitrogens with zero attached hydrogens (tertiary/aromatic N) is 1. The molecule has 0 aliphatic rings. The van der Waals surface area contributed by atoms with Crippen LogP contribution in [0.3, 0.4) is 0 Å². The third kappa shape index (κ3) is 4.74. The van der Waals surface area contributed by atoms with Gasteiger partial charge in [0, 0.05) is 17.7 Å². The summed E-state index contributed by atoms with van der Waals surface area (Å²) in [5, 5.41) is 0.697. The molecule has 1 aromatic rings. The normalized spacial score (nSPS) is 12.2. The number of amidine groups is 1. The van der Waals surface area contributed by atoms with E-state index in [2.05, 4.69) is 20.9 Å². The maximum absolute atomic E-state index is 6.18. The fourth-order valence-electron chi connectivity index (χ4n) is 1.64. The molecule has 2 N–H and O–H groups in total. The van der Waals surface area contributed by atoms with Crippen LogP contribution in [0, 0.1) is 6.92 Å². The minimum Gasteiger partial charge on any atom is -0.383 e. The Kier molecular flexibility index (Phi) is 7.51. The van der Waals surface area contributed by atoms with E-state index in [-0.39, 0.29) is 0 Å². The average Bonchev–Trinajstić information content (AvgIpc) is 2.43. The van der Waals surface area contributed by atoms with E-state index in [1.165, 1.54) is 0 Å². The van der Waals surface area contributed by atoms with Gasteiger partial charge in [0.05, 0.1) is 11.6 Å². The molecule has 0 fully saturated rings. The van der Waals surface area contributed by atoms with Crippen LogP contribution in [-0.4, -0.2) is 25.3 Å². The molecule has 0 radical (unpaired) electrons. The Hall–Kier alpha value is -0.620. The standard InChI is InChI=1S/C14H20BrClN2O2/c1-4-19-14(20-5-2)13(17)18-8-10-6-7-11(15)12(16)9(10)3/h6-7,14H,4-5,8H2,1-3H3,(H2,17,18). The second-order valence-corrected chi connectivity index (χ2v) is 5.36. The number of halogens is 2. The minimum atomic E-state index is -0.587. The van der Waals surface area contributed by atoms with Crippen LogP contribution in [0.25, 0.3) is 0 Å². The molecule has 0 saturated carbocycles. The Morgan fingerprint density at radius 3 is 2.50 bits per heavy atom. The molecule has 0 bridgehead atoms. The van der Waals surface area contributed by atoms with Crippen molar-refractivity contribution in [1.82, 2.24) is 0 Å². The van der Waals surface area contributed by atoms with Gasteiger partial charge < -0.3 is 15.2 Å². The Bertz CT molecular complexity index is 474. The summed E-state index contributed by atoms with van der Waals surface area (Å²) in [6.07, 6.45) is -0.587. The van der Waals surface area contributed by atoms with E-state index in [1.807, 2.05) is 32.9 Å². The van der Waals surface area contributed by atoms with Gasteiger partial charge in [-0.2, -0.15) is 0 Å². The van der Waals surface area contributed by atoms with E-state index in [0.29, 0.717) is 30.6 Å². The molecular weight excluding hydrogens is 344 g/mol. The predicted molar refractivity (Wildman–Crippen MR) is 86.3 cm³/mol. The molecule has 0 amide bonds. The summed E-state index contributed by atoms with van der Waals surface area (Å²) >= 11 is 9.58. The number of hydrogen-bond donors (Lipinski definition) is 1. The molecular formula is C14H20BrClN2O2. The highest BCUT2D eigenvalue weighted by Gasteiger charge is 2.13. The number of nitrogens with two attached hydrogens (primary N) is 1. The lowest BCUT2D eigenvalue weighted by molar-refractivity contribution is -0.0907. The number of benzene rings is 1. The van der Waals surface area contributed by atoms with E-state index in [4.69, 9.17) is 26.8 Å². The highest BCUT2D eigenvalue weighted by molar-refractivity contribution is 9.10. The third-order valence-corrected chi connectivity index (χ3v) is 4.14. The summed E-state index contributed by atoms with van der Waals surface area (Å²) < 4.78 is 11.7. The molecule has 20 heavy (non-hydrogen) atoms. The van der Waals surface area contributed by atoms with E-state index in [9.17, 15) is 0 Å². The second kappa shape index (κ2) is 8.62. The van der Waals surface area contributed by atoms with Crippen LogP contribution < -0.4 is 5.73 Å². The highest BCUT2D eigenvalue weighted by Crippen LogP contribution is 2.28. The lowest BCUT2D eigenvalue weighted by Gasteiger charge is -2.16. The number of aliphatic imine (C=N–C) groups is 1. The van der Waals surface area contributed by atoms with Crippen LogP contribution in [0.15, 0.2) is 21.6 Å². The van der Waals surface area contributed by atoms with E-state index in [1.54, 1.807) is 0 Å². The zero-order valence-corrected chi connectivity index (χ0v) is 14.3. The van der Waals surface area contributed by atoms with Crippen molar-refractivity contribution in [2.24, 2.45) is 10.7 Å². The molecule has 6 heteroatoms. The van der Waals surface area contributed by atoms with Crippen LogP contribution in [0.1, 0.15) is 25.0 Å². The number of hydrogen-bond acceptors (Lipinski definition) is 3. The highest BCUT2D eigenvalue weighted by atomic mass is 79.9. The first-order valence-corrected chi connectivity index (χ1v) is 7.64. The van der Waals surface area contributed by atoms with Crippen LogP contribution >= 0.6 is 27.5 Å². The van der Waals surface area contributed by atoms with E-state index in [0.717, 1.165) is 15.6 Å². The molecule has 0 aliphatic heterocycles. The predicted octanol–water partition coefficient (Wildman–Crippen LogP) is 3.67. The number of ether oxygens (including phenoxy) is 2. The molecule has 0 unspecified atom stereocenters. The summed E-state index contributed by atoms with van der Waals surface area (Å²) in [6.45, 7) is 7.21. The zero-order chi connectivity index (χ0) is 15.1. The average molecular weight is 364 g/mol. The third-order valence-electron chi connectivity index (χ3n) is 2.76. The second-order valence-electron chi connectivity index (χ2n) is 4.13. The van der Waals surface area contributed by atoms with Gasteiger partial charge in [-0.25, -0.2) is 0 Å². The van der Waals surface area contributed by atoms with Crippen molar-refractivity contribution in [2.75, 3.05) is 13.2 Å². The van der Waals surface area contributed by atoms with Crippen molar-refractivity contribution in [1.29, 1.82) is 0 Å². The van der Waals surface area contributed by atoms with Gasteiger partial charge in [0.2, 0.25) is 6.29 Å². The van der Waals surface area contributed by atoms with Crippen LogP contribution in [0.2, 0.25) is 5.02 Å². The maximum atomic E-state index is 6.18. The Morgan fingerprint density at radius 2 is 1.95 bits per heavy atom. The van der Waals surface area contributed by atoms with Crippen molar-refractivity contribution in [3.63, 3.8) is 0 Å². The van der Waals surface area contributed by atoms with Crippen LogP contribution in [-0.2, 0) is 16.0 Å². The molecule has 0 aliphatic carbocycles. The lowest BCUT2D eigenvalue weighted by Crippen LogP contribution is -2.34. The topological polar surface area (TPSA) is 56.8 Å². The Labute approximate surface area is 133 Å². The van der Waals surface area contributed by atoms with E-state index >= 15 is 0 Å². The quantitative estimate of drug-likeness (QED) is 0.457. The van der Waals surface area contributed by atoms with Gasteiger partial charge in [-0.05, 0) is 53.9 Å². The molecule has 1 aromatic carbocycles. The summed E-state index contributed by atoms with van der Waals surface area (Å²) in [7, 11) is 0. The summed E-state index contributed by atoms with van der Waals surface area (Å²) in [5.74, 6) is 0.340. The lowest BCUT2D eigenvalue weighted by atomic mass is 10.1. The van der Waals surface area contributed by atoms with Gasteiger partial charge >= 0.3 is 0 Å². The van der Waals surface area contributed by atoms with E-state index < -0.39 is 6.29 Å². The molecule has 4 nitrogen and oxygen atoms in total. The van der Waals surface area contributed by atoms with Gasteiger partial charge in [0.1, 0.15) is 0 Å². The Morgan fingerprint density at radius 1 is 1.35 bits per heavy atom. The molecule has 0 spiro atoms. The van der Waals surface area contributed by atoms with Crippen molar-refractivity contribution in [2.45, 2.75) is 33.6 Å². The van der Waals surface area contributed by atoms with Crippen molar-refractivity contribution >= 4 is 33.4 Å². The van der Waals surface area contributed by atoms with Crippen LogP contribution in [0.4, 0.5) is 0 Å². The zero-order valence-electron chi connectivity index (χ0n) is 12.0. The minimum absolute atomic E-state index is 0.340. The van der Waals surface area contributed by atoms with Gasteiger partial charge in [-0.3, -0.25) is 4.99 Å². The van der Waals surface area contributed by atoms with Gasteiger partial charge in [0.25, 0.3) is 0 Å². The van der Waals surface area contributed by atoms with Gasteiger partial charge in [-0.1, -0.05) is 17.7 Å². The first-order chi connectivity index (χ1) is 9.51. The van der Waals surface area contributed by atoms with Crippen molar-refractivity contribution in [3.05, 3.63) is 32.8 Å². The first kappa shape index (κ1) is 17.4. The molecule has 112 valence electrons. The molecule has 0 aromatic heterocycles. The van der Waals surface area contributed by atoms with Gasteiger partial charge in [0.15, 0.2) is 5.84 Å². The fourth-order valence-corrected chi connectivity index (χ4v) is 2.25. The summed E-state index contributed by atoms with van der Waals surface area (Å²) in [6, 6.07) is 3.87. The SMILES string of the molecule is CCOC(OCC)C(N)=NCc1ccc(Br)c(Cl)c1C. The van der Waals surface area contributed by atoms with Crippen LogP contribution in [0.5, 0.6) is 0 Å². The molecule has 0 saturated heterocycles. The fraction of sp³-hybridized carbons (Fsp3) is 0.500. The summed E-state index contributed by atoms with van der Waals surface area (Å²) in [5.41, 5.74) is 7.92. The number of rotatable bonds is 7. The maximum Gasteiger partial charge on any atom is 0.216 e. The molecule has 0 atom stereocenters. The largest absolute Gasteiger partial charge is 0.383 e. The van der Waals surface area contributed by atoms with Gasteiger partial charge in [-0.15, -0.1) is 0 Å². The van der Waals surface area contributed by atoms with Crippen molar-refractivity contribution in [3.8, 4) is 0 Å². The summed E-state index contributed by atoms with van der Waals surface area (Å²) in [4.78, 5) is 4.33. The monoisotopic (exact) mass is 362 g/mol. The van der Waals surface area contributed by atoms with Crippen molar-refractivity contribution < 1.29 is 9.47 Å². The Balaban J connectivity index is 2.82. The molecule has 1 rings (SSSR count). The smallest absolute Gasteiger partial charge is 0.216 e.